The minimum Gasteiger partial charge on any atom is -0.493 e. The summed E-state index contributed by atoms with van der Waals surface area (Å²) in [6, 6.07) is 24.1. The van der Waals surface area contributed by atoms with Crippen LogP contribution >= 0.6 is 0 Å². The number of ether oxygens (including phenoxy) is 2. The molecule has 0 bridgehead atoms. The van der Waals surface area contributed by atoms with Crippen LogP contribution in [0.4, 0.5) is 0 Å². The van der Waals surface area contributed by atoms with Crippen molar-refractivity contribution in [1.29, 1.82) is 0 Å². The maximum absolute atomic E-state index is 6.25. The number of furan rings is 1. The molecule has 4 aromatic rings. The average molecular weight is 330 g/mol. The summed E-state index contributed by atoms with van der Waals surface area (Å²) in [4.78, 5) is 0. The van der Waals surface area contributed by atoms with E-state index in [1.54, 1.807) is 14.2 Å². The first kappa shape index (κ1) is 15.3. The van der Waals surface area contributed by atoms with Crippen molar-refractivity contribution in [2.45, 2.75) is 0 Å². The van der Waals surface area contributed by atoms with Gasteiger partial charge in [-0.1, -0.05) is 60.7 Å². The van der Waals surface area contributed by atoms with Crippen molar-refractivity contribution in [3.63, 3.8) is 0 Å². The van der Waals surface area contributed by atoms with Crippen LogP contribution < -0.4 is 9.47 Å². The van der Waals surface area contributed by atoms with Gasteiger partial charge in [0.25, 0.3) is 0 Å². The summed E-state index contributed by atoms with van der Waals surface area (Å²) >= 11 is 0. The lowest BCUT2D eigenvalue weighted by Crippen LogP contribution is -1.91. The molecular formula is C22H18O3. The smallest absolute Gasteiger partial charge is 0.172 e. The highest BCUT2D eigenvalue weighted by Gasteiger charge is 2.22. The molecule has 1 heterocycles. The third-order valence-corrected chi connectivity index (χ3v) is 4.29. The highest BCUT2D eigenvalue weighted by atomic mass is 16.5. The molecule has 0 aliphatic rings. The predicted octanol–water partition coefficient (Wildman–Crippen LogP) is 5.78. The first-order chi connectivity index (χ1) is 12.3. The van der Waals surface area contributed by atoms with Gasteiger partial charge >= 0.3 is 0 Å². The minimum atomic E-state index is 0.685. The largest absolute Gasteiger partial charge is 0.493 e. The van der Waals surface area contributed by atoms with Crippen molar-refractivity contribution in [3.8, 4) is 33.9 Å². The minimum absolute atomic E-state index is 0.685. The van der Waals surface area contributed by atoms with E-state index in [0.717, 1.165) is 33.4 Å². The molecule has 0 saturated carbocycles. The summed E-state index contributed by atoms with van der Waals surface area (Å²) in [6.07, 6.45) is 0. The second kappa shape index (κ2) is 6.36. The SMILES string of the molecule is COc1ccc2oc(-c3ccccc3)c(-c3ccccc3)c2c1OC. The van der Waals surface area contributed by atoms with Crippen molar-refractivity contribution in [2.75, 3.05) is 14.2 Å². The van der Waals surface area contributed by atoms with E-state index < -0.39 is 0 Å². The van der Waals surface area contributed by atoms with Gasteiger partial charge in [0.15, 0.2) is 11.5 Å². The van der Waals surface area contributed by atoms with E-state index in [-0.39, 0.29) is 0 Å². The van der Waals surface area contributed by atoms with Gasteiger partial charge in [0, 0.05) is 11.1 Å². The van der Waals surface area contributed by atoms with Gasteiger partial charge in [0.2, 0.25) is 0 Å². The van der Waals surface area contributed by atoms with Crippen molar-refractivity contribution < 1.29 is 13.9 Å². The van der Waals surface area contributed by atoms with Crippen molar-refractivity contribution in [1.82, 2.24) is 0 Å². The molecule has 124 valence electrons. The fraction of sp³-hybridized carbons (Fsp3) is 0.0909. The molecule has 0 aliphatic heterocycles. The molecule has 0 aliphatic carbocycles. The van der Waals surface area contributed by atoms with E-state index in [0.29, 0.717) is 11.5 Å². The monoisotopic (exact) mass is 330 g/mol. The fourth-order valence-corrected chi connectivity index (χ4v) is 3.18. The van der Waals surface area contributed by atoms with Gasteiger partial charge in [-0.3, -0.25) is 0 Å². The van der Waals surface area contributed by atoms with Crippen molar-refractivity contribution in [2.24, 2.45) is 0 Å². The lowest BCUT2D eigenvalue weighted by Gasteiger charge is -2.10. The number of methoxy groups -OCH3 is 2. The number of rotatable bonds is 4. The summed E-state index contributed by atoms with van der Waals surface area (Å²) < 4.78 is 17.4. The molecule has 3 aromatic carbocycles. The Hall–Kier alpha value is -3.20. The molecule has 0 spiro atoms. The molecule has 0 amide bonds. The zero-order valence-corrected chi connectivity index (χ0v) is 14.2. The van der Waals surface area contributed by atoms with Gasteiger partial charge in [-0.15, -0.1) is 0 Å². The third-order valence-electron chi connectivity index (χ3n) is 4.29. The second-order valence-electron chi connectivity index (χ2n) is 5.71. The Morgan fingerprint density at radius 1 is 0.680 bits per heavy atom. The van der Waals surface area contributed by atoms with Crippen LogP contribution in [-0.4, -0.2) is 14.2 Å². The standard InChI is InChI=1S/C22H18O3/c1-23-18-14-13-17-20(22(18)24-2)19(15-9-5-3-6-10-15)21(25-17)16-11-7-4-8-12-16/h3-14H,1-2H3. The van der Waals surface area contributed by atoms with E-state index in [1.165, 1.54) is 0 Å². The van der Waals surface area contributed by atoms with Gasteiger partial charge in [-0.25, -0.2) is 0 Å². The zero-order chi connectivity index (χ0) is 17.2. The van der Waals surface area contributed by atoms with Crippen LogP contribution in [0.2, 0.25) is 0 Å². The zero-order valence-electron chi connectivity index (χ0n) is 14.2. The highest BCUT2D eigenvalue weighted by Crippen LogP contribution is 2.47. The van der Waals surface area contributed by atoms with Crippen molar-refractivity contribution >= 4 is 11.0 Å². The van der Waals surface area contributed by atoms with E-state index >= 15 is 0 Å². The van der Waals surface area contributed by atoms with Crippen LogP contribution in [0.1, 0.15) is 0 Å². The summed E-state index contributed by atoms with van der Waals surface area (Å²) in [5.41, 5.74) is 3.89. The Bertz CT molecular complexity index is 1000. The molecular weight excluding hydrogens is 312 g/mol. The Balaban J connectivity index is 2.13. The first-order valence-corrected chi connectivity index (χ1v) is 8.12. The highest BCUT2D eigenvalue weighted by molar-refractivity contribution is 6.06. The van der Waals surface area contributed by atoms with E-state index in [9.17, 15) is 0 Å². The number of benzene rings is 3. The molecule has 0 fully saturated rings. The molecule has 1 aromatic heterocycles. The Morgan fingerprint density at radius 3 is 1.92 bits per heavy atom. The summed E-state index contributed by atoms with van der Waals surface area (Å²) in [5, 5.41) is 0.923. The molecule has 3 nitrogen and oxygen atoms in total. The predicted molar refractivity (Wildman–Crippen MR) is 100 cm³/mol. The second-order valence-corrected chi connectivity index (χ2v) is 5.71. The van der Waals surface area contributed by atoms with Crippen molar-refractivity contribution in [3.05, 3.63) is 72.8 Å². The number of hydrogen-bond acceptors (Lipinski definition) is 3. The number of hydrogen-bond donors (Lipinski definition) is 0. The van der Waals surface area contributed by atoms with Crippen LogP contribution in [0, 0.1) is 0 Å². The summed E-state index contributed by atoms with van der Waals surface area (Å²) in [7, 11) is 3.30. The van der Waals surface area contributed by atoms with Gasteiger partial charge < -0.3 is 13.9 Å². The number of fused-ring (bicyclic) bond motifs is 1. The maximum Gasteiger partial charge on any atom is 0.172 e. The molecule has 0 N–H and O–H groups in total. The van der Waals surface area contributed by atoms with Crippen LogP contribution in [0.15, 0.2) is 77.2 Å². The Labute approximate surface area is 146 Å². The topological polar surface area (TPSA) is 31.6 Å². The van der Waals surface area contributed by atoms with Crippen LogP contribution in [0.3, 0.4) is 0 Å². The quantitative estimate of drug-likeness (QED) is 0.475. The van der Waals surface area contributed by atoms with E-state index in [1.807, 2.05) is 60.7 Å². The molecule has 0 atom stereocenters. The summed E-state index contributed by atoms with van der Waals surface area (Å²) in [5.74, 6) is 2.20. The fourth-order valence-electron chi connectivity index (χ4n) is 3.18. The van der Waals surface area contributed by atoms with E-state index in [4.69, 9.17) is 13.9 Å². The van der Waals surface area contributed by atoms with Gasteiger partial charge in [-0.05, 0) is 17.7 Å². The summed E-state index contributed by atoms with van der Waals surface area (Å²) in [6.45, 7) is 0. The van der Waals surface area contributed by atoms with Crippen LogP contribution in [0.5, 0.6) is 11.5 Å². The molecule has 0 radical (unpaired) electrons. The first-order valence-electron chi connectivity index (χ1n) is 8.12. The third kappa shape index (κ3) is 2.54. The van der Waals surface area contributed by atoms with Crippen LogP contribution in [0.25, 0.3) is 33.4 Å². The molecule has 25 heavy (non-hydrogen) atoms. The maximum atomic E-state index is 6.25. The lowest BCUT2D eigenvalue weighted by atomic mass is 9.98. The molecule has 0 unspecified atom stereocenters. The molecule has 4 rings (SSSR count). The van der Waals surface area contributed by atoms with Gasteiger partial charge in [0.05, 0.1) is 19.6 Å². The lowest BCUT2D eigenvalue weighted by molar-refractivity contribution is 0.358. The average Bonchev–Trinajstić information content (AvgIpc) is 3.08. The Morgan fingerprint density at radius 2 is 1.32 bits per heavy atom. The van der Waals surface area contributed by atoms with E-state index in [2.05, 4.69) is 12.1 Å². The Kier molecular flexibility index (Phi) is 3.90. The normalized spacial score (nSPS) is 10.8. The van der Waals surface area contributed by atoms with Crippen LogP contribution in [-0.2, 0) is 0 Å². The van der Waals surface area contributed by atoms with Gasteiger partial charge in [0.1, 0.15) is 11.3 Å². The van der Waals surface area contributed by atoms with Gasteiger partial charge in [-0.2, -0.15) is 0 Å². The molecule has 0 saturated heterocycles. The molecule has 3 heteroatoms.